The molecule has 1 fully saturated rings. The minimum absolute atomic E-state index is 0.123. The molecule has 0 saturated heterocycles. The van der Waals surface area contributed by atoms with Gasteiger partial charge in [0.05, 0.1) is 6.42 Å². The maximum Gasteiger partial charge on any atom is 0.319 e. The van der Waals surface area contributed by atoms with Crippen LogP contribution >= 0.6 is 0 Å². The van der Waals surface area contributed by atoms with E-state index in [0.29, 0.717) is 6.54 Å². The van der Waals surface area contributed by atoms with Crippen LogP contribution in [0.3, 0.4) is 0 Å². The molecule has 0 bridgehead atoms. The summed E-state index contributed by atoms with van der Waals surface area (Å²) in [5, 5.41) is 14.4. The van der Waals surface area contributed by atoms with Crippen molar-refractivity contribution in [2.24, 2.45) is 5.41 Å². The lowest BCUT2D eigenvalue weighted by Gasteiger charge is -2.40. The standard InChI is InChI=1S/C15H20N2O3/c1-11-3-5-12(6-4-11)17-14(20)16-10-15(7-2-8-15)9-13(18)19/h3-6H,2,7-10H2,1H3,(H,18,19)(H2,16,17,20). The van der Waals surface area contributed by atoms with Crippen molar-refractivity contribution in [3.05, 3.63) is 29.8 Å². The molecule has 2 amide bonds. The molecule has 5 heteroatoms. The molecule has 1 aliphatic rings. The molecule has 0 atom stereocenters. The zero-order valence-corrected chi connectivity index (χ0v) is 11.6. The summed E-state index contributed by atoms with van der Waals surface area (Å²) < 4.78 is 0. The highest BCUT2D eigenvalue weighted by Crippen LogP contribution is 2.43. The van der Waals surface area contributed by atoms with Crippen LogP contribution < -0.4 is 10.6 Å². The van der Waals surface area contributed by atoms with E-state index < -0.39 is 5.97 Å². The van der Waals surface area contributed by atoms with Crippen LogP contribution in [0.4, 0.5) is 10.5 Å². The molecule has 0 heterocycles. The Labute approximate surface area is 118 Å². The number of carbonyl (C=O) groups is 2. The van der Waals surface area contributed by atoms with Gasteiger partial charge in [-0.05, 0) is 37.3 Å². The minimum Gasteiger partial charge on any atom is -0.481 e. The smallest absolute Gasteiger partial charge is 0.319 e. The topological polar surface area (TPSA) is 78.4 Å². The van der Waals surface area contributed by atoms with Gasteiger partial charge in [-0.15, -0.1) is 0 Å². The Balaban J connectivity index is 1.82. The predicted molar refractivity (Wildman–Crippen MR) is 76.7 cm³/mol. The summed E-state index contributed by atoms with van der Waals surface area (Å²) in [4.78, 5) is 22.6. The van der Waals surface area contributed by atoms with E-state index in [9.17, 15) is 9.59 Å². The van der Waals surface area contributed by atoms with Gasteiger partial charge in [0.25, 0.3) is 0 Å². The van der Waals surface area contributed by atoms with Gasteiger partial charge in [0, 0.05) is 12.2 Å². The Kier molecular flexibility index (Phi) is 4.27. The van der Waals surface area contributed by atoms with Crippen molar-refractivity contribution in [3.63, 3.8) is 0 Å². The second kappa shape index (κ2) is 5.94. The minimum atomic E-state index is -0.801. The van der Waals surface area contributed by atoms with E-state index in [0.717, 1.165) is 30.5 Å². The molecule has 0 aromatic heterocycles. The van der Waals surface area contributed by atoms with Crippen LogP contribution in [0.15, 0.2) is 24.3 Å². The lowest BCUT2D eigenvalue weighted by Crippen LogP contribution is -2.44. The summed E-state index contributed by atoms with van der Waals surface area (Å²) in [5.41, 5.74) is 1.61. The second-order valence-electron chi connectivity index (χ2n) is 5.60. The molecule has 0 radical (unpaired) electrons. The fourth-order valence-electron chi connectivity index (χ4n) is 2.49. The summed E-state index contributed by atoms with van der Waals surface area (Å²) in [5.74, 6) is -0.801. The normalized spacial score (nSPS) is 16.1. The van der Waals surface area contributed by atoms with Crippen molar-refractivity contribution < 1.29 is 14.7 Å². The first kappa shape index (κ1) is 14.4. The molecule has 0 spiro atoms. The average molecular weight is 276 g/mol. The fraction of sp³-hybridized carbons (Fsp3) is 0.467. The maximum absolute atomic E-state index is 11.8. The van der Waals surface area contributed by atoms with Crippen molar-refractivity contribution in [1.29, 1.82) is 0 Å². The molecule has 0 unspecified atom stereocenters. The highest BCUT2D eigenvalue weighted by atomic mass is 16.4. The van der Waals surface area contributed by atoms with Crippen LogP contribution in [0.2, 0.25) is 0 Å². The number of hydrogen-bond donors (Lipinski definition) is 3. The van der Waals surface area contributed by atoms with Crippen molar-refractivity contribution in [2.45, 2.75) is 32.6 Å². The molecule has 0 aliphatic heterocycles. The third kappa shape index (κ3) is 3.73. The van der Waals surface area contributed by atoms with Gasteiger partial charge in [0.1, 0.15) is 0 Å². The first-order valence-corrected chi connectivity index (χ1v) is 6.82. The number of urea groups is 1. The predicted octanol–water partition coefficient (Wildman–Crippen LogP) is 2.76. The van der Waals surface area contributed by atoms with E-state index in [4.69, 9.17) is 5.11 Å². The Morgan fingerprint density at radius 1 is 1.25 bits per heavy atom. The third-order valence-corrected chi connectivity index (χ3v) is 3.87. The Bertz CT molecular complexity index is 492. The van der Waals surface area contributed by atoms with Gasteiger partial charge in [-0.2, -0.15) is 0 Å². The SMILES string of the molecule is Cc1ccc(NC(=O)NCC2(CC(=O)O)CCC2)cc1. The van der Waals surface area contributed by atoms with E-state index in [2.05, 4.69) is 10.6 Å². The lowest BCUT2D eigenvalue weighted by molar-refractivity contribution is -0.141. The lowest BCUT2D eigenvalue weighted by atomic mass is 9.66. The van der Waals surface area contributed by atoms with Gasteiger partial charge in [-0.3, -0.25) is 4.79 Å². The molecule has 1 aromatic rings. The monoisotopic (exact) mass is 276 g/mol. The molecule has 108 valence electrons. The van der Waals surface area contributed by atoms with Gasteiger partial charge in [0.2, 0.25) is 0 Å². The molecule has 1 aliphatic carbocycles. The molecule has 20 heavy (non-hydrogen) atoms. The number of nitrogens with one attached hydrogen (secondary N) is 2. The van der Waals surface area contributed by atoms with Crippen LogP contribution in [0, 0.1) is 12.3 Å². The molecule has 1 saturated carbocycles. The summed E-state index contributed by atoms with van der Waals surface area (Å²) in [7, 11) is 0. The summed E-state index contributed by atoms with van der Waals surface area (Å²) in [6.07, 6.45) is 2.89. The van der Waals surface area contributed by atoms with Crippen molar-refractivity contribution in [2.75, 3.05) is 11.9 Å². The number of amides is 2. The average Bonchev–Trinajstić information content (AvgIpc) is 2.35. The van der Waals surface area contributed by atoms with Crippen LogP contribution in [-0.4, -0.2) is 23.7 Å². The summed E-state index contributed by atoms with van der Waals surface area (Å²) in [6.45, 7) is 2.40. The van der Waals surface area contributed by atoms with Gasteiger partial charge in [-0.25, -0.2) is 4.79 Å². The van der Waals surface area contributed by atoms with E-state index >= 15 is 0 Å². The molecular weight excluding hydrogens is 256 g/mol. The largest absolute Gasteiger partial charge is 0.481 e. The van der Waals surface area contributed by atoms with Gasteiger partial charge >= 0.3 is 12.0 Å². The summed E-state index contributed by atoms with van der Waals surface area (Å²) >= 11 is 0. The van der Waals surface area contributed by atoms with Crippen LogP contribution in [0.5, 0.6) is 0 Å². The first-order chi connectivity index (χ1) is 9.49. The zero-order valence-electron chi connectivity index (χ0n) is 11.6. The van der Waals surface area contributed by atoms with Crippen molar-refractivity contribution >= 4 is 17.7 Å². The molecular formula is C15H20N2O3. The van der Waals surface area contributed by atoms with Crippen LogP contribution in [0.1, 0.15) is 31.2 Å². The number of benzene rings is 1. The number of hydrogen-bond acceptors (Lipinski definition) is 2. The highest BCUT2D eigenvalue weighted by Gasteiger charge is 2.39. The van der Waals surface area contributed by atoms with Crippen LogP contribution in [0.25, 0.3) is 0 Å². The Morgan fingerprint density at radius 3 is 2.40 bits per heavy atom. The quantitative estimate of drug-likeness (QED) is 0.773. The number of carboxylic acid groups (broad SMARTS) is 1. The van der Waals surface area contributed by atoms with E-state index in [-0.39, 0.29) is 17.9 Å². The molecule has 1 aromatic carbocycles. The highest BCUT2D eigenvalue weighted by molar-refractivity contribution is 5.89. The number of aryl methyl sites for hydroxylation is 1. The van der Waals surface area contributed by atoms with Gasteiger partial charge in [-0.1, -0.05) is 24.1 Å². The number of carbonyl (C=O) groups excluding carboxylic acids is 1. The first-order valence-electron chi connectivity index (χ1n) is 6.82. The van der Waals surface area contributed by atoms with Crippen LogP contribution in [-0.2, 0) is 4.79 Å². The Hall–Kier alpha value is -2.04. The van der Waals surface area contributed by atoms with E-state index in [1.54, 1.807) is 0 Å². The molecule has 2 rings (SSSR count). The maximum atomic E-state index is 11.8. The molecule has 5 nitrogen and oxygen atoms in total. The van der Waals surface area contributed by atoms with Gasteiger partial charge in [0.15, 0.2) is 0 Å². The van der Waals surface area contributed by atoms with Gasteiger partial charge < -0.3 is 15.7 Å². The number of aliphatic carboxylic acids is 1. The Morgan fingerprint density at radius 2 is 1.90 bits per heavy atom. The van der Waals surface area contributed by atoms with E-state index in [1.165, 1.54) is 0 Å². The number of carboxylic acids is 1. The third-order valence-electron chi connectivity index (χ3n) is 3.87. The van der Waals surface area contributed by atoms with E-state index in [1.807, 2.05) is 31.2 Å². The zero-order chi connectivity index (χ0) is 14.6. The summed E-state index contributed by atoms with van der Waals surface area (Å²) in [6, 6.07) is 7.24. The van der Waals surface area contributed by atoms with Crippen molar-refractivity contribution in [3.8, 4) is 0 Å². The second-order valence-corrected chi connectivity index (χ2v) is 5.60. The number of anilines is 1. The van der Waals surface area contributed by atoms with Crippen molar-refractivity contribution in [1.82, 2.24) is 5.32 Å². The molecule has 3 N–H and O–H groups in total. The fourth-order valence-corrected chi connectivity index (χ4v) is 2.49. The number of rotatable bonds is 5.